The number of carboxylic acid groups (broad SMARTS) is 1. The molecule has 1 N–H and O–H groups in total. The largest absolute Gasteiger partial charge is 0.481 e. The molecule has 0 radical (unpaired) electrons. The van der Waals surface area contributed by atoms with Crippen molar-refractivity contribution < 1.29 is 9.90 Å². The van der Waals surface area contributed by atoms with Crippen molar-refractivity contribution in [3.05, 3.63) is 24.5 Å². The topological polar surface area (TPSA) is 53.4 Å². The molecule has 4 nitrogen and oxygen atoms in total. The van der Waals surface area contributed by atoms with Gasteiger partial charge in [0.15, 0.2) is 0 Å². The predicted molar refractivity (Wildman–Crippen MR) is 59.4 cm³/mol. The van der Waals surface area contributed by atoms with E-state index in [4.69, 9.17) is 5.11 Å². The van der Waals surface area contributed by atoms with Crippen LogP contribution in [0.3, 0.4) is 0 Å². The Balaban J connectivity index is 0.00000112. The van der Waals surface area contributed by atoms with Gasteiger partial charge in [-0.1, -0.05) is 0 Å². The second-order valence-corrected chi connectivity index (χ2v) is 3.48. The minimum absolute atomic E-state index is 0. The van der Waals surface area contributed by atoms with Crippen molar-refractivity contribution in [1.29, 1.82) is 0 Å². The molecule has 0 spiro atoms. The molecule has 15 heavy (non-hydrogen) atoms. The van der Waals surface area contributed by atoms with Crippen LogP contribution < -0.4 is 4.90 Å². The van der Waals surface area contributed by atoms with Crippen LogP contribution in [-0.4, -0.2) is 29.1 Å². The summed E-state index contributed by atoms with van der Waals surface area (Å²) in [6.45, 7) is 1.43. The van der Waals surface area contributed by atoms with Crippen LogP contribution in [0.2, 0.25) is 0 Å². The molecule has 5 heteroatoms. The lowest BCUT2D eigenvalue weighted by Gasteiger charge is -2.17. The van der Waals surface area contributed by atoms with Crippen molar-refractivity contribution in [3.63, 3.8) is 0 Å². The van der Waals surface area contributed by atoms with Crippen LogP contribution in [0.5, 0.6) is 0 Å². The van der Waals surface area contributed by atoms with Crippen molar-refractivity contribution in [2.24, 2.45) is 5.92 Å². The van der Waals surface area contributed by atoms with Gasteiger partial charge in [0.05, 0.1) is 5.92 Å². The third kappa shape index (κ3) is 2.59. The van der Waals surface area contributed by atoms with Gasteiger partial charge in [0.2, 0.25) is 0 Å². The third-order valence-electron chi connectivity index (χ3n) is 2.57. The van der Waals surface area contributed by atoms with E-state index in [9.17, 15) is 4.79 Å². The number of anilines is 1. The molecule has 1 atom stereocenters. The molecular weight excluding hydrogens is 216 g/mol. The van der Waals surface area contributed by atoms with Gasteiger partial charge in [-0.15, -0.1) is 12.4 Å². The van der Waals surface area contributed by atoms with Crippen molar-refractivity contribution in [1.82, 2.24) is 4.98 Å². The summed E-state index contributed by atoms with van der Waals surface area (Å²) in [7, 11) is 0. The maximum absolute atomic E-state index is 10.7. The van der Waals surface area contributed by atoms with Gasteiger partial charge in [0.25, 0.3) is 0 Å². The van der Waals surface area contributed by atoms with E-state index >= 15 is 0 Å². The van der Waals surface area contributed by atoms with Gasteiger partial charge in [0.1, 0.15) is 0 Å². The van der Waals surface area contributed by atoms with Gasteiger partial charge < -0.3 is 10.0 Å². The summed E-state index contributed by atoms with van der Waals surface area (Å²) in [5, 5.41) is 8.84. The quantitative estimate of drug-likeness (QED) is 0.832. The Morgan fingerprint density at radius 2 is 2.13 bits per heavy atom. The first-order chi connectivity index (χ1) is 6.77. The second kappa shape index (κ2) is 4.98. The number of rotatable bonds is 2. The maximum Gasteiger partial charge on any atom is 0.308 e. The van der Waals surface area contributed by atoms with Gasteiger partial charge in [0, 0.05) is 31.2 Å². The number of hydrogen-bond donors (Lipinski definition) is 1. The molecule has 1 fully saturated rings. The van der Waals surface area contributed by atoms with Crippen molar-refractivity contribution in [2.75, 3.05) is 18.0 Å². The highest BCUT2D eigenvalue weighted by Gasteiger charge is 2.27. The standard InChI is InChI=1S/C10H12N2O2.ClH/c13-10(14)8-3-6-12(7-8)9-1-4-11-5-2-9;/h1-2,4-5,8H,3,6-7H2,(H,13,14);1H. The highest BCUT2D eigenvalue weighted by Crippen LogP contribution is 2.22. The lowest BCUT2D eigenvalue weighted by atomic mass is 10.1. The summed E-state index contributed by atoms with van der Waals surface area (Å²) in [6.07, 6.45) is 4.19. The predicted octanol–water partition coefficient (Wildman–Crippen LogP) is 1.41. The third-order valence-corrected chi connectivity index (χ3v) is 2.57. The van der Waals surface area contributed by atoms with Crippen LogP contribution in [0.4, 0.5) is 5.69 Å². The van der Waals surface area contributed by atoms with Crippen molar-refractivity contribution in [2.45, 2.75) is 6.42 Å². The van der Waals surface area contributed by atoms with Crippen LogP contribution in [0, 0.1) is 5.92 Å². The SMILES string of the molecule is Cl.O=C(O)C1CCN(c2ccncc2)C1. The van der Waals surface area contributed by atoms with Crippen molar-refractivity contribution in [3.8, 4) is 0 Å². The van der Waals surface area contributed by atoms with Gasteiger partial charge in [-0.05, 0) is 18.6 Å². The maximum atomic E-state index is 10.7. The number of aliphatic carboxylic acids is 1. The van der Waals surface area contributed by atoms with Gasteiger partial charge in [-0.3, -0.25) is 9.78 Å². The Kier molecular flexibility index (Phi) is 3.91. The van der Waals surface area contributed by atoms with E-state index in [0.29, 0.717) is 6.54 Å². The monoisotopic (exact) mass is 228 g/mol. The second-order valence-electron chi connectivity index (χ2n) is 3.48. The normalized spacial score (nSPS) is 19.7. The molecule has 2 rings (SSSR count). The number of carboxylic acids is 1. The van der Waals surface area contributed by atoms with Gasteiger partial charge >= 0.3 is 5.97 Å². The molecule has 0 amide bonds. The molecule has 0 saturated carbocycles. The summed E-state index contributed by atoms with van der Waals surface area (Å²) in [5.74, 6) is -0.912. The summed E-state index contributed by atoms with van der Waals surface area (Å²) in [5.41, 5.74) is 1.06. The first-order valence-corrected chi connectivity index (χ1v) is 4.65. The van der Waals surface area contributed by atoms with Crippen molar-refractivity contribution >= 4 is 24.1 Å². The number of nitrogens with zero attached hydrogens (tertiary/aromatic N) is 2. The zero-order chi connectivity index (χ0) is 9.97. The van der Waals surface area contributed by atoms with E-state index < -0.39 is 5.97 Å². The van der Waals surface area contributed by atoms with Crippen LogP contribution in [0.25, 0.3) is 0 Å². The van der Waals surface area contributed by atoms with Crippen LogP contribution >= 0.6 is 12.4 Å². The summed E-state index contributed by atoms with van der Waals surface area (Å²) < 4.78 is 0. The highest BCUT2D eigenvalue weighted by atomic mass is 35.5. The van der Waals surface area contributed by atoms with E-state index in [1.165, 1.54) is 0 Å². The Morgan fingerprint density at radius 3 is 2.67 bits per heavy atom. The van der Waals surface area contributed by atoms with E-state index in [1.54, 1.807) is 12.4 Å². The number of aromatic nitrogens is 1. The van der Waals surface area contributed by atoms with E-state index in [0.717, 1.165) is 18.7 Å². The molecule has 2 heterocycles. The molecule has 82 valence electrons. The molecule has 1 unspecified atom stereocenters. The summed E-state index contributed by atoms with van der Waals surface area (Å²) >= 11 is 0. The first kappa shape index (κ1) is 11.8. The van der Waals surface area contributed by atoms with Crippen LogP contribution in [-0.2, 0) is 4.79 Å². The Bertz CT molecular complexity index is 331. The number of pyridine rings is 1. The van der Waals surface area contributed by atoms with E-state index in [1.807, 2.05) is 12.1 Å². The lowest BCUT2D eigenvalue weighted by molar-refractivity contribution is -0.140. The van der Waals surface area contributed by atoms with Crippen LogP contribution in [0.1, 0.15) is 6.42 Å². The Labute approximate surface area is 94.3 Å². The molecule has 1 saturated heterocycles. The fourth-order valence-electron chi connectivity index (χ4n) is 1.75. The number of carbonyl (C=O) groups is 1. The molecule has 0 aromatic carbocycles. The average molecular weight is 229 g/mol. The molecule has 1 aliphatic heterocycles. The highest BCUT2D eigenvalue weighted by molar-refractivity contribution is 5.85. The molecule has 1 aromatic rings. The minimum atomic E-state index is -0.693. The van der Waals surface area contributed by atoms with E-state index in [-0.39, 0.29) is 18.3 Å². The fourth-order valence-corrected chi connectivity index (χ4v) is 1.75. The average Bonchev–Trinajstić information content (AvgIpc) is 2.68. The molecule has 1 aliphatic rings. The Hall–Kier alpha value is -1.29. The molecular formula is C10H13ClN2O2. The molecule has 0 bridgehead atoms. The number of halogens is 1. The number of hydrogen-bond acceptors (Lipinski definition) is 3. The Morgan fingerprint density at radius 1 is 1.47 bits per heavy atom. The summed E-state index contributed by atoms with van der Waals surface area (Å²) in [4.78, 5) is 16.8. The summed E-state index contributed by atoms with van der Waals surface area (Å²) in [6, 6.07) is 3.81. The zero-order valence-electron chi connectivity index (χ0n) is 8.17. The smallest absolute Gasteiger partial charge is 0.308 e. The van der Waals surface area contributed by atoms with Gasteiger partial charge in [-0.2, -0.15) is 0 Å². The molecule has 1 aromatic heterocycles. The zero-order valence-corrected chi connectivity index (χ0v) is 8.98. The minimum Gasteiger partial charge on any atom is -0.481 e. The van der Waals surface area contributed by atoms with E-state index in [2.05, 4.69) is 9.88 Å². The first-order valence-electron chi connectivity index (χ1n) is 4.65. The molecule has 0 aliphatic carbocycles. The lowest BCUT2D eigenvalue weighted by Crippen LogP contribution is -2.22. The van der Waals surface area contributed by atoms with Gasteiger partial charge in [-0.25, -0.2) is 0 Å². The fraction of sp³-hybridized carbons (Fsp3) is 0.400. The van der Waals surface area contributed by atoms with Crippen LogP contribution in [0.15, 0.2) is 24.5 Å².